The van der Waals surface area contributed by atoms with Crippen LogP contribution in [0.4, 0.5) is 0 Å². The molecule has 0 amide bonds. The van der Waals surface area contributed by atoms with Gasteiger partial charge in [-0.15, -0.1) is 0 Å². The number of rotatable bonds is 2. The molecule has 0 heterocycles. The van der Waals surface area contributed by atoms with Gasteiger partial charge < -0.3 is 0 Å². The fraction of sp³-hybridized carbons (Fsp3) is 0.500. The fourth-order valence-electron chi connectivity index (χ4n) is 0.314. The number of hydrogen-bond donors (Lipinski definition) is 0. The molecule has 0 atom stereocenters. The number of allylic oxidation sites excluding steroid dienone is 1. The molecular formula is C8H13NW. The average molecular weight is 307 g/mol. The van der Waals surface area contributed by atoms with E-state index in [1.165, 1.54) is 23.4 Å². The first-order chi connectivity index (χ1) is 4.48. The van der Waals surface area contributed by atoms with E-state index in [9.17, 15) is 0 Å². The Bertz CT molecular complexity index is 163. The van der Waals surface area contributed by atoms with Crippen LogP contribution in [0.3, 0.4) is 0 Å². The SMILES string of the molecule is C=CC=N[C](=[W])C(C)(C)C. The van der Waals surface area contributed by atoms with Gasteiger partial charge in [-0.2, -0.15) is 0 Å². The van der Waals surface area contributed by atoms with Crippen LogP contribution in [0.1, 0.15) is 20.8 Å². The third-order valence-corrected chi connectivity index (χ3v) is 3.52. The van der Waals surface area contributed by atoms with Crippen LogP contribution in [0.25, 0.3) is 0 Å². The Morgan fingerprint density at radius 1 is 1.50 bits per heavy atom. The van der Waals surface area contributed by atoms with Crippen LogP contribution in [0.15, 0.2) is 17.6 Å². The second-order valence-electron chi connectivity index (χ2n) is 3.07. The van der Waals surface area contributed by atoms with Crippen LogP contribution < -0.4 is 0 Å². The third kappa shape index (κ3) is 3.89. The van der Waals surface area contributed by atoms with Crippen molar-refractivity contribution in [2.45, 2.75) is 20.8 Å². The molecule has 0 aromatic heterocycles. The zero-order valence-electron chi connectivity index (χ0n) is 6.72. The van der Waals surface area contributed by atoms with Gasteiger partial charge in [-0.3, -0.25) is 0 Å². The summed E-state index contributed by atoms with van der Waals surface area (Å²) in [6, 6.07) is 0. The fourth-order valence-corrected chi connectivity index (χ4v) is 0.533. The molecule has 2 heteroatoms. The summed E-state index contributed by atoms with van der Waals surface area (Å²) in [5.41, 5.74) is 0.217. The van der Waals surface area contributed by atoms with Crippen LogP contribution in [0, 0.1) is 5.41 Å². The summed E-state index contributed by atoms with van der Waals surface area (Å²) in [5, 5.41) is 0. The second kappa shape index (κ2) is 3.98. The van der Waals surface area contributed by atoms with Gasteiger partial charge in [0.2, 0.25) is 0 Å². The summed E-state index contributed by atoms with van der Waals surface area (Å²) in [6.07, 6.45) is 3.45. The molecule has 0 unspecified atom stereocenters. The molecule has 0 radical (unpaired) electrons. The van der Waals surface area contributed by atoms with Crippen LogP contribution in [0.2, 0.25) is 0 Å². The first kappa shape index (κ1) is 9.97. The molecule has 0 aliphatic heterocycles. The van der Waals surface area contributed by atoms with Crippen molar-refractivity contribution in [2.75, 3.05) is 0 Å². The monoisotopic (exact) mass is 307 g/mol. The number of hydrogen-bond acceptors (Lipinski definition) is 1. The molecule has 0 fully saturated rings. The third-order valence-electron chi connectivity index (χ3n) is 0.939. The number of aliphatic imine (C=N–C) groups is 1. The van der Waals surface area contributed by atoms with Crippen molar-refractivity contribution in [3.63, 3.8) is 0 Å². The van der Waals surface area contributed by atoms with Crippen molar-refractivity contribution in [1.29, 1.82) is 0 Å². The van der Waals surface area contributed by atoms with Gasteiger partial charge in [0.15, 0.2) is 0 Å². The molecular weight excluding hydrogens is 294 g/mol. The average Bonchev–Trinajstić information content (AvgIpc) is 1.80. The van der Waals surface area contributed by atoms with Gasteiger partial charge in [0, 0.05) is 0 Å². The van der Waals surface area contributed by atoms with Crippen molar-refractivity contribution in [3.05, 3.63) is 12.7 Å². The Morgan fingerprint density at radius 2 is 2.00 bits per heavy atom. The molecule has 56 valence electrons. The van der Waals surface area contributed by atoms with Gasteiger partial charge in [0.1, 0.15) is 0 Å². The molecule has 0 aliphatic rings. The Kier molecular flexibility index (Phi) is 3.96. The summed E-state index contributed by atoms with van der Waals surface area (Å²) >= 11 is 1.43. The molecule has 0 bridgehead atoms. The molecule has 0 rings (SSSR count). The van der Waals surface area contributed by atoms with Crippen molar-refractivity contribution in [1.82, 2.24) is 0 Å². The van der Waals surface area contributed by atoms with E-state index in [2.05, 4.69) is 32.3 Å². The predicted octanol–water partition coefficient (Wildman–Crippen LogP) is 1.97. The van der Waals surface area contributed by atoms with E-state index < -0.39 is 0 Å². The number of nitrogens with zero attached hydrogens (tertiary/aromatic N) is 1. The van der Waals surface area contributed by atoms with Crippen molar-refractivity contribution in [3.8, 4) is 0 Å². The molecule has 0 N–H and O–H groups in total. The Balaban J connectivity index is 4.11. The van der Waals surface area contributed by atoms with E-state index in [1.54, 1.807) is 12.3 Å². The maximum absolute atomic E-state index is 4.22. The van der Waals surface area contributed by atoms with Crippen LogP contribution in [0.5, 0.6) is 0 Å². The first-order valence-corrected chi connectivity index (χ1v) is 4.64. The zero-order valence-corrected chi connectivity index (χ0v) is 9.65. The molecule has 0 aromatic carbocycles. The van der Waals surface area contributed by atoms with Gasteiger partial charge >= 0.3 is 73.4 Å². The summed E-state index contributed by atoms with van der Waals surface area (Å²) in [6.45, 7) is 10.0. The minimum atomic E-state index is 0.217. The summed E-state index contributed by atoms with van der Waals surface area (Å²) < 4.78 is 1.22. The van der Waals surface area contributed by atoms with E-state index >= 15 is 0 Å². The van der Waals surface area contributed by atoms with Crippen LogP contribution in [-0.4, -0.2) is 10.2 Å². The predicted molar refractivity (Wildman–Crippen MR) is 43.2 cm³/mol. The van der Waals surface area contributed by atoms with Crippen molar-refractivity contribution in [2.24, 2.45) is 10.4 Å². The Labute approximate surface area is 73.7 Å². The first-order valence-electron chi connectivity index (χ1n) is 3.18. The summed E-state index contributed by atoms with van der Waals surface area (Å²) in [5.74, 6) is 0. The van der Waals surface area contributed by atoms with Gasteiger partial charge in [-0.25, -0.2) is 0 Å². The Morgan fingerprint density at radius 3 is 2.30 bits per heavy atom. The molecule has 1 nitrogen and oxygen atoms in total. The van der Waals surface area contributed by atoms with E-state index in [0.717, 1.165) is 0 Å². The van der Waals surface area contributed by atoms with E-state index in [-0.39, 0.29) is 5.41 Å². The Hall–Kier alpha value is -0.0317. The van der Waals surface area contributed by atoms with E-state index in [1.807, 2.05) is 0 Å². The molecule has 0 saturated carbocycles. The van der Waals surface area contributed by atoms with E-state index in [0.29, 0.717) is 0 Å². The van der Waals surface area contributed by atoms with Gasteiger partial charge in [0.25, 0.3) is 0 Å². The van der Waals surface area contributed by atoms with Crippen molar-refractivity contribution >= 4 is 10.2 Å². The van der Waals surface area contributed by atoms with Gasteiger partial charge in [-0.1, -0.05) is 0 Å². The molecule has 0 aliphatic carbocycles. The summed E-state index contributed by atoms with van der Waals surface area (Å²) in [4.78, 5) is 4.22. The molecule has 0 aromatic rings. The maximum atomic E-state index is 4.22. The van der Waals surface area contributed by atoms with E-state index in [4.69, 9.17) is 0 Å². The second-order valence-corrected chi connectivity index (χ2v) is 4.46. The molecule has 0 spiro atoms. The van der Waals surface area contributed by atoms with Gasteiger partial charge in [-0.05, 0) is 0 Å². The quantitative estimate of drug-likeness (QED) is 0.692. The normalized spacial score (nSPS) is 11.9. The zero-order chi connectivity index (χ0) is 8.20. The van der Waals surface area contributed by atoms with Crippen molar-refractivity contribution < 1.29 is 19.4 Å². The molecule has 10 heavy (non-hydrogen) atoms. The molecule has 0 saturated heterocycles. The topological polar surface area (TPSA) is 12.4 Å². The van der Waals surface area contributed by atoms with Crippen LogP contribution in [-0.2, 0) is 19.4 Å². The van der Waals surface area contributed by atoms with Crippen LogP contribution >= 0.6 is 0 Å². The minimum absolute atomic E-state index is 0.217. The summed E-state index contributed by atoms with van der Waals surface area (Å²) in [7, 11) is 0. The van der Waals surface area contributed by atoms with Gasteiger partial charge in [0.05, 0.1) is 0 Å². The standard InChI is InChI=1S/C8H13N.W/c1-5-6-9-7-8(2,3)4;/h5-6H,1H2,2-4H3;.